The Morgan fingerprint density at radius 1 is 0.518 bits per heavy atom. The summed E-state index contributed by atoms with van der Waals surface area (Å²) in [6.07, 6.45) is 12.7. The van der Waals surface area contributed by atoms with Crippen LogP contribution >= 0.6 is 0 Å². The molecule has 0 aliphatic heterocycles. The lowest BCUT2D eigenvalue weighted by Gasteiger charge is -2.14. The van der Waals surface area contributed by atoms with Crippen LogP contribution in [-0.2, 0) is 52.5 Å². The Balaban J connectivity index is 3.68. The molecule has 0 aliphatic carbocycles. The van der Waals surface area contributed by atoms with Gasteiger partial charge in [-0.05, 0) is 51.9 Å². The summed E-state index contributed by atoms with van der Waals surface area (Å²) in [4.78, 5) is 81.9. The summed E-state index contributed by atoms with van der Waals surface area (Å²) in [5.74, 6) is -2.56. The zero-order valence-electron chi connectivity index (χ0n) is 34.0. The van der Waals surface area contributed by atoms with Crippen LogP contribution in [0.5, 0.6) is 0 Å². The van der Waals surface area contributed by atoms with Crippen molar-refractivity contribution < 1.29 is 62.7 Å². The first-order valence-corrected chi connectivity index (χ1v) is 20.6. The molecule has 16 heteroatoms. The van der Waals surface area contributed by atoms with E-state index in [9.17, 15) is 38.7 Å². The van der Waals surface area contributed by atoms with Crippen molar-refractivity contribution in [1.29, 1.82) is 0 Å². The van der Waals surface area contributed by atoms with Gasteiger partial charge in [0.05, 0.1) is 33.0 Å². The molecule has 0 saturated heterocycles. The number of carboxylic acid groups (broad SMARTS) is 2. The van der Waals surface area contributed by atoms with Crippen molar-refractivity contribution in [1.82, 2.24) is 16.0 Å². The Labute approximate surface area is 333 Å². The molecule has 324 valence electrons. The maximum absolute atomic E-state index is 12.2. The predicted molar refractivity (Wildman–Crippen MR) is 209 cm³/mol. The van der Waals surface area contributed by atoms with Crippen molar-refractivity contribution in [3.63, 3.8) is 0 Å². The third-order valence-electron chi connectivity index (χ3n) is 8.93. The van der Waals surface area contributed by atoms with E-state index < -0.39 is 18.0 Å². The van der Waals surface area contributed by atoms with Gasteiger partial charge in [0.25, 0.3) is 0 Å². The Morgan fingerprint density at radius 3 is 1.64 bits per heavy atom. The Kier molecular flexibility index (Phi) is 34.8. The van der Waals surface area contributed by atoms with E-state index in [1.807, 2.05) is 0 Å². The molecule has 0 saturated carbocycles. The fourth-order valence-corrected chi connectivity index (χ4v) is 5.73. The second kappa shape index (κ2) is 37.1. The molecule has 0 rings (SSSR count). The van der Waals surface area contributed by atoms with Crippen LogP contribution < -0.4 is 16.0 Å². The molecule has 0 radical (unpaired) electrons. The number of carboxylic acids is 2. The number of hydrogen-bond donors (Lipinski definition) is 5. The van der Waals surface area contributed by atoms with Crippen LogP contribution in [0.2, 0.25) is 0 Å². The van der Waals surface area contributed by atoms with Gasteiger partial charge in [-0.1, -0.05) is 58.3 Å². The van der Waals surface area contributed by atoms with Crippen molar-refractivity contribution in [3.05, 3.63) is 0 Å². The van der Waals surface area contributed by atoms with Crippen molar-refractivity contribution in [2.75, 3.05) is 65.9 Å². The normalized spacial score (nSPS) is 12.1. The number of carbonyl (C=O) groups excluding carboxylic acids is 5. The molecule has 0 fully saturated rings. The van der Waals surface area contributed by atoms with Crippen molar-refractivity contribution >= 4 is 41.2 Å². The lowest BCUT2D eigenvalue weighted by Crippen LogP contribution is -2.41. The lowest BCUT2D eigenvalue weighted by atomic mass is 9.93. The summed E-state index contributed by atoms with van der Waals surface area (Å²) in [6.45, 7) is 5.87. The molecule has 0 aromatic heterocycles. The van der Waals surface area contributed by atoms with E-state index in [0.29, 0.717) is 32.4 Å². The third kappa shape index (κ3) is 35.0. The van der Waals surface area contributed by atoms with E-state index in [2.05, 4.69) is 22.9 Å². The Hall–Kier alpha value is -3.47. The number of aliphatic carboxylic acids is 2. The Morgan fingerprint density at radius 2 is 1.07 bits per heavy atom. The number of unbranched alkanes of at least 4 members (excludes halogenated alkanes) is 8. The quantitative estimate of drug-likeness (QED) is 0.0548. The molecule has 0 bridgehead atoms. The topological polar surface area (TPSA) is 233 Å². The van der Waals surface area contributed by atoms with Crippen LogP contribution in [0.1, 0.15) is 136 Å². The number of Topliss-reactive ketones (excluding diaryl/α,β-unsaturated/α-hetero) is 2. The van der Waals surface area contributed by atoms with Crippen LogP contribution in [0.4, 0.5) is 0 Å². The smallest absolute Gasteiger partial charge is 0.326 e. The second-order valence-electron chi connectivity index (χ2n) is 14.0. The zero-order valence-corrected chi connectivity index (χ0v) is 34.0. The number of nitrogens with one attached hydrogen (secondary N) is 3. The first kappa shape index (κ1) is 52.5. The van der Waals surface area contributed by atoms with Crippen molar-refractivity contribution in [2.45, 2.75) is 142 Å². The summed E-state index contributed by atoms with van der Waals surface area (Å²) in [5.41, 5.74) is 0. The molecular weight excluding hydrogens is 730 g/mol. The highest BCUT2D eigenvalue weighted by molar-refractivity contribution is 5.84. The van der Waals surface area contributed by atoms with E-state index in [1.54, 1.807) is 6.92 Å². The number of ether oxygens (including phenoxy) is 4. The maximum Gasteiger partial charge on any atom is 0.326 e. The van der Waals surface area contributed by atoms with E-state index in [0.717, 1.165) is 70.6 Å². The summed E-state index contributed by atoms with van der Waals surface area (Å²) < 4.78 is 21.4. The van der Waals surface area contributed by atoms with Crippen LogP contribution in [0.25, 0.3) is 0 Å². The summed E-state index contributed by atoms with van der Waals surface area (Å²) in [7, 11) is 0. The summed E-state index contributed by atoms with van der Waals surface area (Å²) in [6, 6.07) is -1.12. The average molecular weight is 802 g/mol. The fourth-order valence-electron chi connectivity index (χ4n) is 5.73. The minimum Gasteiger partial charge on any atom is -0.481 e. The highest BCUT2D eigenvalue weighted by atomic mass is 16.5. The van der Waals surface area contributed by atoms with Gasteiger partial charge in [-0.25, -0.2) is 4.79 Å². The molecule has 0 spiro atoms. The summed E-state index contributed by atoms with van der Waals surface area (Å²) >= 11 is 0. The van der Waals surface area contributed by atoms with Gasteiger partial charge in [-0.15, -0.1) is 0 Å². The number of hydrogen-bond acceptors (Lipinski definition) is 11. The third-order valence-corrected chi connectivity index (χ3v) is 8.93. The molecule has 5 N–H and O–H groups in total. The first-order chi connectivity index (χ1) is 27.0. The van der Waals surface area contributed by atoms with Crippen LogP contribution in [0.3, 0.4) is 0 Å². The SMILES string of the molecule is CCC[C@@H](CCCCNC(=O)COCCOCCNC(=O)COCCOCCCC(=O)CC[C@H](NC(=O)CCCCCCCCCCC(=O)O)C(=O)O)C(C)=O. The van der Waals surface area contributed by atoms with E-state index in [-0.39, 0.29) is 120 Å². The van der Waals surface area contributed by atoms with Gasteiger partial charge in [-0.2, -0.15) is 0 Å². The molecular formula is C40H71N3O13. The van der Waals surface area contributed by atoms with Crippen LogP contribution in [0, 0.1) is 5.92 Å². The van der Waals surface area contributed by atoms with Gasteiger partial charge >= 0.3 is 11.9 Å². The lowest BCUT2D eigenvalue weighted by molar-refractivity contribution is -0.142. The predicted octanol–water partition coefficient (Wildman–Crippen LogP) is 4.15. The van der Waals surface area contributed by atoms with Crippen molar-refractivity contribution in [2.24, 2.45) is 5.92 Å². The maximum atomic E-state index is 12.2. The number of rotatable bonds is 41. The highest BCUT2D eigenvalue weighted by Crippen LogP contribution is 2.16. The van der Waals surface area contributed by atoms with E-state index in [4.69, 9.17) is 24.1 Å². The zero-order chi connectivity index (χ0) is 41.7. The van der Waals surface area contributed by atoms with Gasteiger partial charge in [0.2, 0.25) is 17.7 Å². The van der Waals surface area contributed by atoms with Crippen LogP contribution in [0.15, 0.2) is 0 Å². The molecule has 3 amide bonds. The number of ketones is 2. The van der Waals surface area contributed by atoms with Gasteiger partial charge in [0, 0.05) is 51.3 Å². The molecule has 2 atom stereocenters. The molecule has 16 nitrogen and oxygen atoms in total. The standard InChI is InChI=1S/C40H71N3O13/c1-3-15-33(32(2)44)16-12-13-22-41-37(47)30-56-29-27-54-25-23-42-38(48)31-55-28-26-53-24-14-17-34(45)20-21-35(40(51)52)43-36(46)18-10-8-6-4-5-7-9-11-19-39(49)50/h33,35H,3-31H2,1-2H3,(H,41,47)(H,42,48)(H,43,46)(H,49,50)(H,51,52)/t33-,35-/m0/s1. The highest BCUT2D eigenvalue weighted by Gasteiger charge is 2.21. The molecule has 0 aromatic rings. The van der Waals surface area contributed by atoms with E-state index in [1.165, 1.54) is 0 Å². The second-order valence-corrected chi connectivity index (χ2v) is 14.0. The van der Waals surface area contributed by atoms with E-state index >= 15 is 0 Å². The minimum atomic E-state index is -1.17. The number of amides is 3. The van der Waals surface area contributed by atoms with Gasteiger partial charge in [0.1, 0.15) is 30.8 Å². The molecule has 0 aromatic carbocycles. The molecule has 0 aliphatic rings. The van der Waals surface area contributed by atoms with Gasteiger partial charge in [-0.3, -0.25) is 28.8 Å². The largest absolute Gasteiger partial charge is 0.481 e. The average Bonchev–Trinajstić information content (AvgIpc) is 3.15. The fraction of sp³-hybridized carbons (Fsp3) is 0.825. The molecule has 0 heterocycles. The monoisotopic (exact) mass is 801 g/mol. The van der Waals surface area contributed by atoms with Gasteiger partial charge in [0.15, 0.2) is 0 Å². The minimum absolute atomic E-state index is 0.0193. The number of carbonyl (C=O) groups is 7. The van der Waals surface area contributed by atoms with Crippen LogP contribution in [-0.4, -0.2) is 123 Å². The Bertz CT molecular complexity index is 1110. The summed E-state index contributed by atoms with van der Waals surface area (Å²) in [5, 5.41) is 26.1. The van der Waals surface area contributed by atoms with Gasteiger partial charge < -0.3 is 45.1 Å². The molecule has 0 unspecified atom stereocenters. The van der Waals surface area contributed by atoms with Crippen molar-refractivity contribution in [3.8, 4) is 0 Å². The molecule has 56 heavy (non-hydrogen) atoms. The first-order valence-electron chi connectivity index (χ1n) is 20.6.